The van der Waals surface area contributed by atoms with Crippen LogP contribution in [-0.2, 0) is 4.74 Å². The third kappa shape index (κ3) is 2.75. The van der Waals surface area contributed by atoms with Gasteiger partial charge >= 0.3 is 5.97 Å². The molecule has 16 heavy (non-hydrogen) atoms. The normalized spacial score (nSPS) is 10.5. The number of para-hydroxylation sites is 1. The predicted octanol–water partition coefficient (Wildman–Crippen LogP) is 2.96. The maximum Gasteiger partial charge on any atom is 0.340 e. The van der Waals surface area contributed by atoms with E-state index < -0.39 is 0 Å². The van der Waals surface area contributed by atoms with E-state index in [4.69, 9.17) is 10.5 Å². The molecule has 0 saturated heterocycles. The van der Waals surface area contributed by atoms with Crippen LogP contribution in [0.5, 0.6) is 0 Å². The summed E-state index contributed by atoms with van der Waals surface area (Å²) in [4.78, 5) is 11.7. The molecule has 3 nitrogen and oxygen atoms in total. The number of carbonyl (C=O) groups excluding carboxylic acids is 1. The van der Waals surface area contributed by atoms with Crippen molar-refractivity contribution in [2.24, 2.45) is 0 Å². The highest BCUT2D eigenvalue weighted by Gasteiger charge is 2.14. The number of rotatable bonds is 4. The first kappa shape index (κ1) is 12.6. The van der Waals surface area contributed by atoms with Crippen LogP contribution in [0, 0.1) is 0 Å². The Balaban J connectivity index is 2.96. The zero-order chi connectivity index (χ0) is 12.1. The molecule has 0 unspecified atom stereocenters. The minimum absolute atomic E-state index is 0.305. The second kappa shape index (κ2) is 5.54. The molecule has 0 radical (unpaired) electrons. The van der Waals surface area contributed by atoms with Crippen molar-refractivity contribution in [1.29, 1.82) is 0 Å². The Morgan fingerprint density at radius 2 is 2.12 bits per heavy atom. The highest BCUT2D eigenvalue weighted by molar-refractivity contribution is 5.95. The van der Waals surface area contributed by atoms with Gasteiger partial charge < -0.3 is 10.5 Å². The van der Waals surface area contributed by atoms with Gasteiger partial charge in [0.1, 0.15) is 0 Å². The number of nitrogens with two attached hydrogens (primary N) is 1. The van der Waals surface area contributed by atoms with E-state index in [9.17, 15) is 4.79 Å². The molecule has 3 heteroatoms. The van der Waals surface area contributed by atoms with Crippen molar-refractivity contribution >= 4 is 11.7 Å². The smallest absolute Gasteiger partial charge is 0.340 e. The molecule has 0 amide bonds. The Hall–Kier alpha value is -1.51. The molecule has 2 N–H and O–H groups in total. The summed E-state index contributed by atoms with van der Waals surface area (Å²) in [7, 11) is 0. The summed E-state index contributed by atoms with van der Waals surface area (Å²) >= 11 is 0. The zero-order valence-electron chi connectivity index (χ0n) is 10.1. The molecule has 0 aliphatic heterocycles. The third-order valence-corrected chi connectivity index (χ3v) is 2.42. The standard InChI is InChI=1S/C13H19NO2/c1-4-8-16-13(15)11-7-5-6-10(9(2)3)12(11)14/h5-7,9H,4,8,14H2,1-3H3. The number of nitrogen functional groups attached to an aromatic ring is 1. The van der Waals surface area contributed by atoms with E-state index in [-0.39, 0.29) is 5.97 Å². The van der Waals surface area contributed by atoms with Gasteiger partial charge in [0.15, 0.2) is 0 Å². The van der Waals surface area contributed by atoms with Crippen molar-refractivity contribution in [3.63, 3.8) is 0 Å². The first-order chi connectivity index (χ1) is 7.57. The lowest BCUT2D eigenvalue weighted by Gasteiger charge is -2.12. The van der Waals surface area contributed by atoms with Gasteiger partial charge in [-0.25, -0.2) is 4.79 Å². The Morgan fingerprint density at radius 3 is 2.69 bits per heavy atom. The number of hydrogen-bond acceptors (Lipinski definition) is 3. The van der Waals surface area contributed by atoms with Crippen LogP contribution in [0.1, 0.15) is 49.0 Å². The largest absolute Gasteiger partial charge is 0.462 e. The van der Waals surface area contributed by atoms with E-state index in [2.05, 4.69) is 0 Å². The van der Waals surface area contributed by atoms with Crippen LogP contribution in [0.3, 0.4) is 0 Å². The lowest BCUT2D eigenvalue weighted by atomic mass is 9.98. The van der Waals surface area contributed by atoms with Crippen LogP contribution in [0.4, 0.5) is 5.69 Å². The summed E-state index contributed by atoms with van der Waals surface area (Å²) in [5.41, 5.74) is 7.96. The summed E-state index contributed by atoms with van der Waals surface area (Å²) in [6.45, 7) is 6.49. The van der Waals surface area contributed by atoms with Gasteiger partial charge in [0.25, 0.3) is 0 Å². The van der Waals surface area contributed by atoms with Gasteiger partial charge in [0.2, 0.25) is 0 Å². The van der Waals surface area contributed by atoms with E-state index in [1.54, 1.807) is 6.07 Å². The average molecular weight is 221 g/mol. The molecule has 0 fully saturated rings. The molecular weight excluding hydrogens is 202 g/mol. The van der Waals surface area contributed by atoms with Crippen LogP contribution in [0.2, 0.25) is 0 Å². The van der Waals surface area contributed by atoms with Gasteiger partial charge in [-0.15, -0.1) is 0 Å². The fraction of sp³-hybridized carbons (Fsp3) is 0.462. The first-order valence-corrected chi connectivity index (χ1v) is 5.63. The quantitative estimate of drug-likeness (QED) is 0.628. The lowest BCUT2D eigenvalue weighted by molar-refractivity contribution is 0.0506. The second-order valence-corrected chi connectivity index (χ2v) is 4.10. The van der Waals surface area contributed by atoms with Crippen LogP contribution < -0.4 is 5.73 Å². The van der Waals surface area contributed by atoms with E-state index in [1.165, 1.54) is 0 Å². The maximum absolute atomic E-state index is 11.7. The molecule has 0 atom stereocenters. The van der Waals surface area contributed by atoms with Crippen LogP contribution in [0.25, 0.3) is 0 Å². The Morgan fingerprint density at radius 1 is 1.44 bits per heavy atom. The maximum atomic E-state index is 11.7. The molecule has 1 aromatic rings. The Kier molecular flexibility index (Phi) is 4.35. The third-order valence-electron chi connectivity index (χ3n) is 2.42. The molecule has 0 bridgehead atoms. The van der Waals surface area contributed by atoms with E-state index in [0.717, 1.165) is 12.0 Å². The Bertz CT molecular complexity index is 372. The second-order valence-electron chi connectivity index (χ2n) is 4.10. The SMILES string of the molecule is CCCOC(=O)c1cccc(C(C)C)c1N. The highest BCUT2D eigenvalue weighted by Crippen LogP contribution is 2.25. The summed E-state index contributed by atoms with van der Waals surface area (Å²) in [5, 5.41) is 0. The monoisotopic (exact) mass is 221 g/mol. The zero-order valence-corrected chi connectivity index (χ0v) is 10.1. The molecule has 1 aromatic carbocycles. The summed E-state index contributed by atoms with van der Waals surface area (Å²) in [6, 6.07) is 5.49. The van der Waals surface area contributed by atoms with Crippen molar-refractivity contribution in [2.45, 2.75) is 33.1 Å². The van der Waals surface area contributed by atoms with Crippen molar-refractivity contribution in [2.75, 3.05) is 12.3 Å². The predicted molar refractivity (Wildman–Crippen MR) is 65.5 cm³/mol. The van der Waals surface area contributed by atoms with Crippen LogP contribution in [-0.4, -0.2) is 12.6 Å². The summed E-state index contributed by atoms with van der Waals surface area (Å²) in [6.07, 6.45) is 0.815. The fourth-order valence-corrected chi connectivity index (χ4v) is 1.54. The van der Waals surface area contributed by atoms with E-state index in [1.807, 2.05) is 32.9 Å². The topological polar surface area (TPSA) is 52.3 Å². The molecule has 1 rings (SSSR count). The minimum Gasteiger partial charge on any atom is -0.462 e. The van der Waals surface area contributed by atoms with Gasteiger partial charge in [0, 0.05) is 5.69 Å². The Labute approximate surface area is 96.6 Å². The van der Waals surface area contributed by atoms with Crippen molar-refractivity contribution in [3.05, 3.63) is 29.3 Å². The summed E-state index contributed by atoms with van der Waals surface area (Å²) in [5.74, 6) is -0.0271. The number of ether oxygens (including phenoxy) is 1. The first-order valence-electron chi connectivity index (χ1n) is 5.63. The molecule has 0 aliphatic carbocycles. The molecule has 0 spiro atoms. The number of anilines is 1. The average Bonchev–Trinajstić information content (AvgIpc) is 2.25. The van der Waals surface area contributed by atoms with Gasteiger partial charge in [-0.2, -0.15) is 0 Å². The summed E-state index contributed by atoms with van der Waals surface area (Å²) < 4.78 is 5.07. The van der Waals surface area contributed by atoms with Crippen LogP contribution in [0.15, 0.2) is 18.2 Å². The molecule has 0 saturated carbocycles. The number of esters is 1. The van der Waals surface area contributed by atoms with Gasteiger partial charge in [-0.3, -0.25) is 0 Å². The van der Waals surface area contributed by atoms with Gasteiger partial charge in [0.05, 0.1) is 12.2 Å². The fourth-order valence-electron chi connectivity index (χ4n) is 1.54. The van der Waals surface area contributed by atoms with Crippen molar-refractivity contribution in [3.8, 4) is 0 Å². The highest BCUT2D eigenvalue weighted by atomic mass is 16.5. The molecule has 0 heterocycles. The number of hydrogen-bond donors (Lipinski definition) is 1. The van der Waals surface area contributed by atoms with Crippen molar-refractivity contribution in [1.82, 2.24) is 0 Å². The van der Waals surface area contributed by atoms with Crippen LogP contribution >= 0.6 is 0 Å². The minimum atomic E-state index is -0.332. The van der Waals surface area contributed by atoms with Gasteiger partial charge in [-0.1, -0.05) is 32.9 Å². The molecule has 88 valence electrons. The molecular formula is C13H19NO2. The number of carbonyl (C=O) groups is 1. The van der Waals surface area contributed by atoms with Gasteiger partial charge in [-0.05, 0) is 24.0 Å². The van der Waals surface area contributed by atoms with Crippen molar-refractivity contribution < 1.29 is 9.53 Å². The molecule has 0 aliphatic rings. The molecule has 0 aromatic heterocycles. The number of benzene rings is 1. The lowest BCUT2D eigenvalue weighted by Crippen LogP contribution is -2.10. The van der Waals surface area contributed by atoms with E-state index >= 15 is 0 Å². The van der Waals surface area contributed by atoms with E-state index in [0.29, 0.717) is 23.8 Å².